The Morgan fingerprint density at radius 1 is 1.21 bits per heavy atom. The Hall–Kier alpha value is -2.44. The fourth-order valence-corrected chi connectivity index (χ4v) is 3.49. The predicted octanol–water partition coefficient (Wildman–Crippen LogP) is 1.29. The normalized spacial score (nSPS) is 22.4. The van der Waals surface area contributed by atoms with E-state index >= 15 is 0 Å². The molecule has 0 atom stereocenters. The van der Waals surface area contributed by atoms with Crippen molar-refractivity contribution in [3.05, 3.63) is 35.6 Å². The van der Waals surface area contributed by atoms with E-state index in [0.29, 0.717) is 19.6 Å². The van der Waals surface area contributed by atoms with E-state index in [1.807, 2.05) is 0 Å². The maximum atomic E-state index is 13.1. The fourth-order valence-electron chi connectivity index (χ4n) is 3.49. The molecule has 0 spiro atoms. The molecular weight excluding hydrogens is 315 g/mol. The van der Waals surface area contributed by atoms with Crippen molar-refractivity contribution in [1.82, 2.24) is 9.80 Å². The summed E-state index contributed by atoms with van der Waals surface area (Å²) < 4.78 is 17.8. The molecule has 3 aliphatic rings. The number of hydrogen-bond acceptors (Lipinski definition) is 4. The number of rotatable bonds is 4. The third-order valence-corrected chi connectivity index (χ3v) is 5.08. The second-order valence-corrected chi connectivity index (χ2v) is 6.72. The Labute approximate surface area is 138 Å². The molecule has 2 saturated heterocycles. The highest BCUT2D eigenvalue weighted by Gasteiger charge is 2.54. The SMILES string of the molecule is O=C1COC(=O)N1CC1CN(C(=O)C2(c3ccc(F)cc3)CC2)C1. The quantitative estimate of drug-likeness (QED) is 0.833. The first-order valence-corrected chi connectivity index (χ1v) is 8.02. The molecule has 0 unspecified atom stereocenters. The number of halogens is 1. The van der Waals surface area contributed by atoms with Crippen molar-refractivity contribution in [1.29, 1.82) is 0 Å². The molecule has 1 aromatic rings. The highest BCUT2D eigenvalue weighted by atomic mass is 19.1. The molecule has 4 rings (SSSR count). The number of amides is 3. The van der Waals surface area contributed by atoms with Crippen molar-refractivity contribution in [2.45, 2.75) is 18.3 Å². The van der Waals surface area contributed by atoms with Gasteiger partial charge < -0.3 is 9.64 Å². The Bertz CT molecular complexity index is 692. The van der Waals surface area contributed by atoms with Crippen LogP contribution in [0.5, 0.6) is 0 Å². The Balaban J connectivity index is 1.37. The minimum atomic E-state index is -0.602. The molecule has 0 bridgehead atoms. The van der Waals surface area contributed by atoms with Gasteiger partial charge in [0.25, 0.3) is 5.91 Å². The van der Waals surface area contributed by atoms with Gasteiger partial charge in [-0.05, 0) is 30.5 Å². The maximum absolute atomic E-state index is 13.1. The highest BCUT2D eigenvalue weighted by molar-refractivity contribution is 5.98. The zero-order valence-corrected chi connectivity index (χ0v) is 13.0. The summed E-state index contributed by atoms with van der Waals surface area (Å²) in [4.78, 5) is 38.6. The van der Waals surface area contributed by atoms with Gasteiger partial charge in [0.1, 0.15) is 5.82 Å². The van der Waals surface area contributed by atoms with Crippen LogP contribution in [0.4, 0.5) is 9.18 Å². The van der Waals surface area contributed by atoms with E-state index in [1.54, 1.807) is 17.0 Å². The first-order valence-electron chi connectivity index (χ1n) is 8.02. The van der Waals surface area contributed by atoms with Gasteiger partial charge in [0, 0.05) is 25.6 Å². The lowest BCUT2D eigenvalue weighted by molar-refractivity contribution is -0.141. The number of nitrogens with zero attached hydrogens (tertiary/aromatic N) is 2. The number of cyclic esters (lactones) is 1. The molecule has 0 radical (unpaired) electrons. The molecule has 3 amide bonds. The van der Waals surface area contributed by atoms with Gasteiger partial charge in [-0.3, -0.25) is 9.59 Å². The Kier molecular flexibility index (Phi) is 3.33. The van der Waals surface area contributed by atoms with E-state index < -0.39 is 11.5 Å². The molecule has 6 nitrogen and oxygen atoms in total. The lowest BCUT2D eigenvalue weighted by Crippen LogP contribution is -2.56. The molecule has 3 fully saturated rings. The summed E-state index contributed by atoms with van der Waals surface area (Å²) in [6.07, 6.45) is 0.945. The minimum Gasteiger partial charge on any atom is -0.439 e. The first kappa shape index (κ1) is 15.1. The molecular formula is C17H17FN2O4. The number of carbonyl (C=O) groups excluding carboxylic acids is 3. The minimum absolute atomic E-state index is 0.0562. The molecule has 7 heteroatoms. The van der Waals surface area contributed by atoms with Gasteiger partial charge in [0.15, 0.2) is 6.61 Å². The van der Waals surface area contributed by atoms with Gasteiger partial charge in [0.2, 0.25) is 5.91 Å². The average Bonchev–Trinajstić information content (AvgIpc) is 3.27. The van der Waals surface area contributed by atoms with Crippen LogP contribution in [0, 0.1) is 11.7 Å². The second kappa shape index (κ2) is 5.29. The standard InChI is InChI=1S/C17H17FN2O4/c18-13-3-1-12(2-4-13)17(5-6-17)15(22)19-7-11(8-19)9-20-14(21)10-24-16(20)23/h1-4,11H,5-10H2. The third kappa shape index (κ3) is 2.35. The number of carbonyl (C=O) groups is 3. The molecule has 0 aromatic heterocycles. The van der Waals surface area contributed by atoms with Crippen molar-refractivity contribution < 1.29 is 23.5 Å². The van der Waals surface area contributed by atoms with Crippen LogP contribution in [-0.2, 0) is 19.7 Å². The van der Waals surface area contributed by atoms with E-state index in [-0.39, 0.29) is 30.2 Å². The van der Waals surface area contributed by atoms with Crippen LogP contribution in [0.3, 0.4) is 0 Å². The van der Waals surface area contributed by atoms with E-state index in [0.717, 1.165) is 23.3 Å². The van der Waals surface area contributed by atoms with Crippen LogP contribution in [0.15, 0.2) is 24.3 Å². The summed E-state index contributed by atoms with van der Waals surface area (Å²) in [7, 11) is 0. The Morgan fingerprint density at radius 3 is 2.42 bits per heavy atom. The highest BCUT2D eigenvalue weighted by Crippen LogP contribution is 2.50. The topological polar surface area (TPSA) is 66.9 Å². The summed E-state index contributed by atoms with van der Waals surface area (Å²) in [5.74, 6) is -0.490. The van der Waals surface area contributed by atoms with Gasteiger partial charge in [-0.15, -0.1) is 0 Å². The molecule has 2 aliphatic heterocycles. The van der Waals surface area contributed by atoms with Crippen molar-refractivity contribution in [3.63, 3.8) is 0 Å². The largest absolute Gasteiger partial charge is 0.439 e. The monoisotopic (exact) mass is 332 g/mol. The summed E-state index contributed by atoms with van der Waals surface area (Å²) in [5.41, 5.74) is 0.344. The number of imide groups is 1. The van der Waals surface area contributed by atoms with Crippen LogP contribution < -0.4 is 0 Å². The number of hydrogen-bond donors (Lipinski definition) is 0. The van der Waals surface area contributed by atoms with Crippen molar-refractivity contribution in [3.8, 4) is 0 Å². The van der Waals surface area contributed by atoms with Crippen LogP contribution >= 0.6 is 0 Å². The molecule has 24 heavy (non-hydrogen) atoms. The molecule has 2 heterocycles. The summed E-state index contributed by atoms with van der Waals surface area (Å²) in [6.45, 7) is 1.16. The van der Waals surface area contributed by atoms with Crippen LogP contribution in [0.2, 0.25) is 0 Å². The second-order valence-electron chi connectivity index (χ2n) is 6.72. The van der Waals surface area contributed by atoms with Gasteiger partial charge >= 0.3 is 6.09 Å². The van der Waals surface area contributed by atoms with Crippen LogP contribution in [0.25, 0.3) is 0 Å². The van der Waals surface area contributed by atoms with Gasteiger partial charge in [-0.25, -0.2) is 14.1 Å². The smallest absolute Gasteiger partial charge is 0.417 e. The molecule has 0 N–H and O–H groups in total. The van der Waals surface area contributed by atoms with Crippen LogP contribution in [-0.4, -0.2) is 53.9 Å². The molecule has 126 valence electrons. The number of benzene rings is 1. The number of likely N-dealkylation sites (tertiary alicyclic amines) is 1. The summed E-state index contributed by atoms with van der Waals surface area (Å²) in [5, 5.41) is 0. The average molecular weight is 332 g/mol. The molecule has 1 saturated carbocycles. The van der Waals surface area contributed by atoms with Crippen LogP contribution in [0.1, 0.15) is 18.4 Å². The van der Waals surface area contributed by atoms with E-state index in [9.17, 15) is 18.8 Å². The zero-order valence-electron chi connectivity index (χ0n) is 13.0. The lowest BCUT2D eigenvalue weighted by Gasteiger charge is -2.42. The summed E-state index contributed by atoms with van der Waals surface area (Å²) >= 11 is 0. The van der Waals surface area contributed by atoms with Crippen molar-refractivity contribution in [2.24, 2.45) is 5.92 Å². The maximum Gasteiger partial charge on any atom is 0.417 e. The van der Waals surface area contributed by atoms with Gasteiger partial charge in [0.05, 0.1) is 5.41 Å². The number of ether oxygens (including phenoxy) is 1. The molecule has 1 aliphatic carbocycles. The third-order valence-electron chi connectivity index (χ3n) is 5.08. The first-order chi connectivity index (χ1) is 11.5. The van der Waals surface area contributed by atoms with Crippen molar-refractivity contribution in [2.75, 3.05) is 26.2 Å². The molecule has 1 aromatic carbocycles. The van der Waals surface area contributed by atoms with E-state index in [4.69, 9.17) is 0 Å². The zero-order chi connectivity index (χ0) is 16.9. The van der Waals surface area contributed by atoms with E-state index in [2.05, 4.69) is 4.74 Å². The van der Waals surface area contributed by atoms with Crippen molar-refractivity contribution >= 4 is 17.9 Å². The lowest BCUT2D eigenvalue weighted by atomic mass is 9.90. The van der Waals surface area contributed by atoms with Gasteiger partial charge in [-0.2, -0.15) is 0 Å². The predicted molar refractivity (Wildman–Crippen MR) is 80.4 cm³/mol. The van der Waals surface area contributed by atoms with Gasteiger partial charge in [-0.1, -0.05) is 12.1 Å². The Morgan fingerprint density at radius 2 is 1.88 bits per heavy atom. The van der Waals surface area contributed by atoms with E-state index in [1.165, 1.54) is 12.1 Å². The fraction of sp³-hybridized carbons (Fsp3) is 0.471. The summed E-state index contributed by atoms with van der Waals surface area (Å²) in [6, 6.07) is 6.12.